The molecular weight excluding hydrogens is 224 g/mol. The Hall–Kier alpha value is -1.61. The second kappa shape index (κ2) is 5.83. The minimum Gasteiger partial charge on any atom is -0.490 e. The molecule has 0 aliphatic heterocycles. The maximum Gasteiger partial charge on any atom is 0.145 e. The average molecular weight is 244 g/mol. The number of rotatable bonds is 5. The van der Waals surface area contributed by atoms with Crippen LogP contribution < -0.4 is 10.1 Å². The van der Waals surface area contributed by atoms with Crippen LogP contribution in [0.5, 0.6) is 5.75 Å². The lowest BCUT2D eigenvalue weighted by Gasteiger charge is -2.20. The second-order valence-corrected chi connectivity index (χ2v) is 4.78. The van der Waals surface area contributed by atoms with E-state index in [2.05, 4.69) is 24.1 Å². The van der Waals surface area contributed by atoms with Crippen molar-refractivity contribution in [3.63, 3.8) is 0 Å². The first-order valence-electron chi connectivity index (χ1n) is 6.36. The van der Waals surface area contributed by atoms with Crippen LogP contribution in [0.2, 0.25) is 0 Å². The van der Waals surface area contributed by atoms with E-state index in [9.17, 15) is 0 Å². The number of likely N-dealkylation sites (N-methyl/N-ethyl adjacent to an activating group) is 1. The van der Waals surface area contributed by atoms with Crippen molar-refractivity contribution in [2.45, 2.75) is 19.9 Å². The largest absolute Gasteiger partial charge is 0.490 e. The highest BCUT2D eigenvalue weighted by atomic mass is 16.5. The highest BCUT2D eigenvalue weighted by Gasteiger charge is 2.12. The SMILES string of the molecule is CNC(COc1cccc2cccnc12)C(C)C. The lowest BCUT2D eigenvalue weighted by Crippen LogP contribution is -2.36. The van der Waals surface area contributed by atoms with Crippen LogP contribution in [0.25, 0.3) is 10.9 Å². The van der Waals surface area contributed by atoms with E-state index >= 15 is 0 Å². The molecule has 0 bridgehead atoms. The van der Waals surface area contributed by atoms with Gasteiger partial charge >= 0.3 is 0 Å². The zero-order valence-corrected chi connectivity index (χ0v) is 11.2. The van der Waals surface area contributed by atoms with Crippen LogP contribution in [-0.2, 0) is 0 Å². The molecule has 1 aromatic carbocycles. The Balaban J connectivity index is 2.17. The minimum atomic E-state index is 0.351. The highest BCUT2D eigenvalue weighted by molar-refractivity contribution is 5.84. The third kappa shape index (κ3) is 2.79. The van der Waals surface area contributed by atoms with Crippen molar-refractivity contribution in [1.82, 2.24) is 10.3 Å². The number of aromatic nitrogens is 1. The standard InChI is InChI=1S/C15H20N2O/c1-11(2)13(16-3)10-18-14-8-4-6-12-7-5-9-17-15(12)14/h4-9,11,13,16H,10H2,1-3H3. The van der Waals surface area contributed by atoms with Crippen molar-refractivity contribution in [3.8, 4) is 5.75 Å². The van der Waals surface area contributed by atoms with Crippen molar-refractivity contribution >= 4 is 10.9 Å². The van der Waals surface area contributed by atoms with Gasteiger partial charge in [0.05, 0.1) is 0 Å². The van der Waals surface area contributed by atoms with Crippen LogP contribution in [0.1, 0.15) is 13.8 Å². The number of fused-ring (bicyclic) bond motifs is 1. The Morgan fingerprint density at radius 1 is 1.22 bits per heavy atom. The Morgan fingerprint density at radius 2 is 2.00 bits per heavy atom. The van der Waals surface area contributed by atoms with E-state index in [-0.39, 0.29) is 0 Å². The van der Waals surface area contributed by atoms with Gasteiger partial charge in [0.2, 0.25) is 0 Å². The molecule has 0 fully saturated rings. The van der Waals surface area contributed by atoms with Crippen LogP contribution in [0.15, 0.2) is 36.5 Å². The quantitative estimate of drug-likeness (QED) is 0.878. The molecular formula is C15H20N2O. The fourth-order valence-corrected chi connectivity index (χ4v) is 1.98. The molecule has 1 aromatic heterocycles. The Bertz CT molecular complexity index is 505. The first kappa shape index (κ1) is 12.8. The van der Waals surface area contributed by atoms with Crippen LogP contribution in [-0.4, -0.2) is 24.7 Å². The van der Waals surface area contributed by atoms with Crippen molar-refractivity contribution in [3.05, 3.63) is 36.5 Å². The number of nitrogens with zero attached hydrogens (tertiary/aromatic N) is 1. The van der Waals surface area contributed by atoms with Gasteiger partial charge in [-0.2, -0.15) is 0 Å². The topological polar surface area (TPSA) is 34.1 Å². The van der Waals surface area contributed by atoms with Crippen molar-refractivity contribution in [1.29, 1.82) is 0 Å². The van der Waals surface area contributed by atoms with Gasteiger partial charge in [0, 0.05) is 17.6 Å². The fraction of sp³-hybridized carbons (Fsp3) is 0.400. The maximum absolute atomic E-state index is 5.91. The molecule has 0 aliphatic rings. The highest BCUT2D eigenvalue weighted by Crippen LogP contribution is 2.23. The Morgan fingerprint density at radius 3 is 2.72 bits per heavy atom. The molecule has 3 nitrogen and oxygen atoms in total. The predicted octanol–water partition coefficient (Wildman–Crippen LogP) is 2.86. The first-order valence-corrected chi connectivity index (χ1v) is 6.36. The molecule has 1 atom stereocenters. The fourth-order valence-electron chi connectivity index (χ4n) is 1.98. The maximum atomic E-state index is 5.91. The summed E-state index contributed by atoms with van der Waals surface area (Å²) in [6.45, 7) is 5.03. The molecule has 0 saturated heterocycles. The molecule has 2 aromatic rings. The molecule has 0 aliphatic carbocycles. The summed E-state index contributed by atoms with van der Waals surface area (Å²) in [6, 6.07) is 10.4. The smallest absolute Gasteiger partial charge is 0.145 e. The summed E-state index contributed by atoms with van der Waals surface area (Å²) in [7, 11) is 1.97. The lowest BCUT2D eigenvalue weighted by molar-refractivity contribution is 0.240. The zero-order valence-electron chi connectivity index (χ0n) is 11.2. The van der Waals surface area contributed by atoms with E-state index in [0.717, 1.165) is 16.7 Å². The Labute approximate surface area is 108 Å². The lowest BCUT2D eigenvalue weighted by atomic mass is 10.1. The molecule has 1 N–H and O–H groups in total. The zero-order chi connectivity index (χ0) is 13.0. The number of pyridine rings is 1. The summed E-state index contributed by atoms with van der Waals surface area (Å²) >= 11 is 0. The van der Waals surface area contributed by atoms with Gasteiger partial charge in [-0.1, -0.05) is 32.0 Å². The normalized spacial score (nSPS) is 12.9. The molecule has 1 heterocycles. The second-order valence-electron chi connectivity index (χ2n) is 4.78. The number of hydrogen-bond donors (Lipinski definition) is 1. The summed E-state index contributed by atoms with van der Waals surface area (Å²) < 4.78 is 5.91. The van der Waals surface area contributed by atoms with Gasteiger partial charge in [-0.25, -0.2) is 0 Å². The van der Waals surface area contributed by atoms with Gasteiger partial charge in [0.25, 0.3) is 0 Å². The van der Waals surface area contributed by atoms with Crippen LogP contribution >= 0.6 is 0 Å². The number of hydrogen-bond acceptors (Lipinski definition) is 3. The van der Waals surface area contributed by atoms with Crippen molar-refractivity contribution in [2.75, 3.05) is 13.7 Å². The van der Waals surface area contributed by atoms with Gasteiger partial charge in [0.1, 0.15) is 17.9 Å². The molecule has 0 radical (unpaired) electrons. The molecule has 1 unspecified atom stereocenters. The van der Waals surface area contributed by atoms with Gasteiger partial charge in [0.15, 0.2) is 0 Å². The van der Waals surface area contributed by atoms with Crippen LogP contribution in [0.4, 0.5) is 0 Å². The summed E-state index contributed by atoms with van der Waals surface area (Å²) in [6.07, 6.45) is 1.80. The van der Waals surface area contributed by atoms with Gasteiger partial charge in [-0.05, 0) is 25.1 Å². The number of nitrogens with one attached hydrogen (secondary N) is 1. The summed E-state index contributed by atoms with van der Waals surface area (Å²) in [4.78, 5) is 4.38. The molecule has 0 spiro atoms. The summed E-state index contributed by atoms with van der Waals surface area (Å²) in [5, 5.41) is 4.39. The predicted molar refractivity (Wildman–Crippen MR) is 74.9 cm³/mol. The molecule has 0 saturated carbocycles. The third-order valence-electron chi connectivity index (χ3n) is 3.19. The molecule has 0 amide bonds. The monoisotopic (exact) mass is 244 g/mol. The van der Waals surface area contributed by atoms with Crippen LogP contribution in [0, 0.1) is 5.92 Å². The molecule has 18 heavy (non-hydrogen) atoms. The van der Waals surface area contributed by atoms with E-state index in [1.807, 2.05) is 37.4 Å². The first-order chi connectivity index (χ1) is 8.72. The number of ether oxygens (including phenoxy) is 1. The number of para-hydroxylation sites is 1. The van der Waals surface area contributed by atoms with Gasteiger partial charge in [-0.15, -0.1) is 0 Å². The minimum absolute atomic E-state index is 0.351. The van der Waals surface area contributed by atoms with E-state index < -0.39 is 0 Å². The van der Waals surface area contributed by atoms with E-state index in [1.54, 1.807) is 6.20 Å². The summed E-state index contributed by atoms with van der Waals surface area (Å²) in [5.41, 5.74) is 0.929. The third-order valence-corrected chi connectivity index (χ3v) is 3.19. The average Bonchev–Trinajstić information content (AvgIpc) is 2.39. The van der Waals surface area contributed by atoms with E-state index in [0.29, 0.717) is 18.6 Å². The van der Waals surface area contributed by atoms with E-state index in [1.165, 1.54) is 0 Å². The molecule has 2 rings (SSSR count). The van der Waals surface area contributed by atoms with E-state index in [4.69, 9.17) is 4.74 Å². The van der Waals surface area contributed by atoms with Crippen molar-refractivity contribution in [2.24, 2.45) is 5.92 Å². The number of benzene rings is 1. The van der Waals surface area contributed by atoms with Crippen molar-refractivity contribution < 1.29 is 4.74 Å². The summed E-state index contributed by atoms with van der Waals surface area (Å²) in [5.74, 6) is 1.40. The molecule has 3 heteroatoms. The van der Waals surface area contributed by atoms with Gasteiger partial charge in [-0.3, -0.25) is 4.98 Å². The Kier molecular flexibility index (Phi) is 4.15. The molecule has 96 valence electrons. The van der Waals surface area contributed by atoms with Crippen LogP contribution in [0.3, 0.4) is 0 Å². The van der Waals surface area contributed by atoms with Gasteiger partial charge < -0.3 is 10.1 Å².